The maximum Gasteiger partial charge on any atom is 0.221 e. The normalized spacial score (nSPS) is 16.5. The first-order valence-electron chi connectivity index (χ1n) is 5.41. The van der Waals surface area contributed by atoms with Gasteiger partial charge < -0.3 is 15.8 Å². The first-order chi connectivity index (χ1) is 7.98. The number of nitrogens with one attached hydrogen (secondary N) is 1. The van der Waals surface area contributed by atoms with Crippen LogP contribution in [0.5, 0.6) is 5.75 Å². The number of nitrogens with two attached hydrogens (primary N) is 1. The number of carbonyl (C=O) groups is 1. The molecule has 0 saturated heterocycles. The Balaban J connectivity index is 2.57. The lowest BCUT2D eigenvalue weighted by atomic mass is 10.0. The molecule has 1 aliphatic rings. The van der Waals surface area contributed by atoms with Gasteiger partial charge in [-0.1, -0.05) is 15.9 Å². The summed E-state index contributed by atoms with van der Waals surface area (Å²) >= 11 is 3.49. The number of carbonyl (C=O) groups excluding carboxylic acids is 1. The molecule has 1 aromatic carbocycles. The molecule has 1 aliphatic carbocycles. The Labute approximate surface area is 109 Å². The highest BCUT2D eigenvalue weighted by Crippen LogP contribution is 2.51. The lowest BCUT2D eigenvalue weighted by Gasteiger charge is -2.20. The van der Waals surface area contributed by atoms with Crippen molar-refractivity contribution in [3.63, 3.8) is 0 Å². The van der Waals surface area contributed by atoms with Crippen LogP contribution in [0.2, 0.25) is 0 Å². The zero-order valence-electron chi connectivity index (χ0n) is 9.84. The summed E-state index contributed by atoms with van der Waals surface area (Å²) in [5.74, 6) is 0.502. The van der Waals surface area contributed by atoms with Crippen molar-refractivity contribution in [2.45, 2.75) is 25.3 Å². The first kappa shape index (κ1) is 12.4. The van der Waals surface area contributed by atoms with Gasteiger partial charge in [-0.15, -0.1) is 0 Å². The number of amides is 1. The number of hydrogen-bond donors (Lipinski definition) is 2. The number of hydrogen-bond acceptors (Lipinski definition) is 3. The molecule has 5 heteroatoms. The van der Waals surface area contributed by atoms with Crippen molar-refractivity contribution < 1.29 is 9.53 Å². The molecule has 1 aromatic rings. The second kappa shape index (κ2) is 4.31. The van der Waals surface area contributed by atoms with Crippen LogP contribution in [0.15, 0.2) is 16.6 Å². The van der Waals surface area contributed by atoms with E-state index in [0.717, 1.165) is 22.9 Å². The molecule has 1 amide bonds. The van der Waals surface area contributed by atoms with Gasteiger partial charge >= 0.3 is 0 Å². The number of methoxy groups -OCH3 is 1. The number of rotatable bonds is 3. The Morgan fingerprint density at radius 3 is 2.65 bits per heavy atom. The molecule has 0 unspecified atom stereocenters. The van der Waals surface area contributed by atoms with E-state index in [-0.39, 0.29) is 11.4 Å². The van der Waals surface area contributed by atoms with Crippen molar-refractivity contribution in [3.8, 4) is 5.75 Å². The average Bonchev–Trinajstić information content (AvgIpc) is 2.96. The Bertz CT molecular complexity index is 470. The minimum Gasteiger partial charge on any atom is -0.495 e. The molecule has 0 atom stereocenters. The molecule has 0 aromatic heterocycles. The van der Waals surface area contributed by atoms with Gasteiger partial charge in [0.2, 0.25) is 5.91 Å². The SMILES string of the molecule is COc1ccc(Br)c(C2(N)CC2)c1NC(C)=O. The number of benzene rings is 1. The maximum absolute atomic E-state index is 11.3. The highest BCUT2D eigenvalue weighted by Gasteiger charge is 2.44. The van der Waals surface area contributed by atoms with Crippen LogP contribution in [0.25, 0.3) is 0 Å². The van der Waals surface area contributed by atoms with E-state index in [1.165, 1.54) is 6.92 Å². The van der Waals surface area contributed by atoms with Gasteiger partial charge in [-0.25, -0.2) is 0 Å². The van der Waals surface area contributed by atoms with Crippen LogP contribution in [-0.4, -0.2) is 13.0 Å². The summed E-state index contributed by atoms with van der Waals surface area (Å²) in [6.45, 7) is 1.47. The number of anilines is 1. The van der Waals surface area contributed by atoms with E-state index in [4.69, 9.17) is 10.5 Å². The fourth-order valence-electron chi connectivity index (χ4n) is 1.90. The van der Waals surface area contributed by atoms with Gasteiger partial charge in [0.05, 0.1) is 12.8 Å². The molecular weight excluding hydrogens is 284 g/mol. The second-order valence-corrected chi connectivity index (χ2v) is 5.19. The van der Waals surface area contributed by atoms with Crippen molar-refractivity contribution in [1.29, 1.82) is 0 Å². The Morgan fingerprint density at radius 1 is 1.53 bits per heavy atom. The summed E-state index contributed by atoms with van der Waals surface area (Å²) < 4.78 is 6.18. The molecule has 92 valence electrons. The van der Waals surface area contributed by atoms with Gasteiger partial charge in [0.25, 0.3) is 0 Å². The van der Waals surface area contributed by atoms with E-state index < -0.39 is 0 Å². The predicted molar refractivity (Wildman–Crippen MR) is 70.1 cm³/mol. The van der Waals surface area contributed by atoms with Crippen LogP contribution in [0.1, 0.15) is 25.3 Å². The zero-order valence-corrected chi connectivity index (χ0v) is 11.4. The van der Waals surface area contributed by atoms with Gasteiger partial charge in [0.1, 0.15) is 5.75 Å². The minimum atomic E-state index is -0.342. The van der Waals surface area contributed by atoms with E-state index >= 15 is 0 Å². The van der Waals surface area contributed by atoms with E-state index in [1.54, 1.807) is 7.11 Å². The van der Waals surface area contributed by atoms with Crippen LogP contribution in [0.4, 0.5) is 5.69 Å². The lowest BCUT2D eigenvalue weighted by Crippen LogP contribution is -2.23. The Morgan fingerprint density at radius 2 is 2.18 bits per heavy atom. The molecule has 0 spiro atoms. The summed E-state index contributed by atoms with van der Waals surface area (Å²) in [7, 11) is 1.58. The third-order valence-electron chi connectivity index (χ3n) is 2.92. The number of halogens is 1. The zero-order chi connectivity index (χ0) is 12.6. The molecule has 17 heavy (non-hydrogen) atoms. The van der Waals surface area contributed by atoms with Crippen LogP contribution < -0.4 is 15.8 Å². The van der Waals surface area contributed by atoms with Gasteiger partial charge in [-0.05, 0) is 25.0 Å². The van der Waals surface area contributed by atoms with Crippen LogP contribution in [-0.2, 0) is 10.3 Å². The predicted octanol–water partition coefficient (Wildman–Crippen LogP) is 2.36. The maximum atomic E-state index is 11.3. The molecule has 1 fully saturated rings. The minimum absolute atomic E-state index is 0.132. The van der Waals surface area contributed by atoms with Gasteiger partial charge in [-0.3, -0.25) is 4.79 Å². The van der Waals surface area contributed by atoms with Gasteiger partial charge in [0.15, 0.2) is 0 Å². The molecule has 4 nitrogen and oxygen atoms in total. The smallest absolute Gasteiger partial charge is 0.221 e. The largest absolute Gasteiger partial charge is 0.495 e. The summed E-state index contributed by atoms with van der Waals surface area (Å²) in [6.07, 6.45) is 1.84. The molecule has 1 saturated carbocycles. The molecule has 0 aliphatic heterocycles. The van der Waals surface area contributed by atoms with Gasteiger partial charge in [0, 0.05) is 22.5 Å². The van der Waals surface area contributed by atoms with E-state index in [9.17, 15) is 4.79 Å². The van der Waals surface area contributed by atoms with Crippen LogP contribution in [0, 0.1) is 0 Å². The van der Waals surface area contributed by atoms with Crippen molar-refractivity contribution in [1.82, 2.24) is 0 Å². The first-order valence-corrected chi connectivity index (χ1v) is 6.20. The third kappa shape index (κ3) is 2.30. The topological polar surface area (TPSA) is 64.3 Å². The highest BCUT2D eigenvalue weighted by molar-refractivity contribution is 9.10. The monoisotopic (exact) mass is 298 g/mol. The summed E-state index contributed by atoms with van der Waals surface area (Å²) in [6, 6.07) is 3.71. The molecule has 3 N–H and O–H groups in total. The van der Waals surface area contributed by atoms with E-state index in [0.29, 0.717) is 11.4 Å². The molecule has 2 rings (SSSR count). The standard InChI is InChI=1S/C12H15BrN2O2/c1-7(16)15-11-9(17-2)4-3-8(13)10(11)12(14)5-6-12/h3-4H,5-6,14H2,1-2H3,(H,15,16). The van der Waals surface area contributed by atoms with Crippen molar-refractivity contribution in [2.75, 3.05) is 12.4 Å². The van der Waals surface area contributed by atoms with E-state index in [2.05, 4.69) is 21.2 Å². The Kier molecular flexibility index (Phi) is 3.14. The average molecular weight is 299 g/mol. The van der Waals surface area contributed by atoms with Crippen LogP contribution >= 0.6 is 15.9 Å². The fourth-order valence-corrected chi connectivity index (χ4v) is 2.63. The summed E-state index contributed by atoms with van der Waals surface area (Å²) in [4.78, 5) is 11.3. The van der Waals surface area contributed by atoms with Crippen molar-refractivity contribution in [2.24, 2.45) is 5.73 Å². The van der Waals surface area contributed by atoms with Crippen molar-refractivity contribution in [3.05, 3.63) is 22.2 Å². The molecule has 0 heterocycles. The summed E-state index contributed by atoms with van der Waals surface area (Å²) in [5, 5.41) is 2.81. The fraction of sp³-hybridized carbons (Fsp3) is 0.417. The molecular formula is C12H15BrN2O2. The van der Waals surface area contributed by atoms with E-state index in [1.807, 2.05) is 12.1 Å². The van der Waals surface area contributed by atoms with Crippen molar-refractivity contribution >= 4 is 27.5 Å². The Hall–Kier alpha value is -1.07. The number of ether oxygens (including phenoxy) is 1. The molecule has 0 bridgehead atoms. The van der Waals surface area contributed by atoms with Crippen LogP contribution in [0.3, 0.4) is 0 Å². The highest BCUT2D eigenvalue weighted by atomic mass is 79.9. The quantitative estimate of drug-likeness (QED) is 0.900. The second-order valence-electron chi connectivity index (χ2n) is 4.34. The summed E-state index contributed by atoms with van der Waals surface area (Å²) in [5.41, 5.74) is 7.49. The van der Waals surface area contributed by atoms with Gasteiger partial charge in [-0.2, -0.15) is 0 Å². The lowest BCUT2D eigenvalue weighted by molar-refractivity contribution is -0.114. The molecule has 0 radical (unpaired) electrons. The third-order valence-corrected chi connectivity index (χ3v) is 3.58.